The molecular weight excluding hydrogens is 296 g/mol. The minimum absolute atomic E-state index is 0. The molecule has 0 saturated carbocycles. The Hall–Kier alpha value is -1.87. The lowest BCUT2D eigenvalue weighted by molar-refractivity contribution is 0.102. The Bertz CT molecular complexity index is 579. The second-order valence-corrected chi connectivity index (χ2v) is 5.33. The van der Waals surface area contributed by atoms with Crippen molar-refractivity contribution in [3.05, 3.63) is 59.4 Å². The van der Waals surface area contributed by atoms with Crippen LogP contribution in [0, 0.1) is 6.92 Å². The first kappa shape index (κ1) is 18.2. The summed E-state index contributed by atoms with van der Waals surface area (Å²) in [6, 6.07) is 11.5. The number of nitrogens with zero attached hydrogens (tertiary/aromatic N) is 1. The Balaban J connectivity index is 0.00000242. The van der Waals surface area contributed by atoms with E-state index in [9.17, 15) is 4.79 Å². The van der Waals surface area contributed by atoms with Gasteiger partial charge in [-0.1, -0.05) is 43.5 Å². The molecule has 0 atom stereocenters. The summed E-state index contributed by atoms with van der Waals surface area (Å²) in [5.74, 6) is -0.168. The minimum atomic E-state index is -0.168. The van der Waals surface area contributed by atoms with Gasteiger partial charge in [-0.3, -0.25) is 9.78 Å². The average molecular weight is 319 g/mol. The fraction of sp³-hybridized carbons (Fsp3) is 0.333. The highest BCUT2D eigenvalue weighted by Gasteiger charge is 2.07. The van der Waals surface area contributed by atoms with E-state index in [0.29, 0.717) is 5.69 Å². The van der Waals surface area contributed by atoms with E-state index < -0.39 is 0 Å². The number of anilines is 1. The highest BCUT2D eigenvalue weighted by atomic mass is 35.5. The minimum Gasteiger partial charge on any atom is -0.321 e. The number of carbonyl (C=O) groups is 1. The molecule has 0 bridgehead atoms. The first-order valence-electron chi connectivity index (χ1n) is 7.52. The molecule has 0 saturated heterocycles. The van der Waals surface area contributed by atoms with E-state index in [2.05, 4.69) is 17.2 Å². The summed E-state index contributed by atoms with van der Waals surface area (Å²) in [5, 5.41) is 2.86. The molecule has 0 aliphatic carbocycles. The maximum Gasteiger partial charge on any atom is 0.274 e. The molecule has 0 fully saturated rings. The van der Waals surface area contributed by atoms with Crippen LogP contribution < -0.4 is 5.32 Å². The molecule has 0 radical (unpaired) electrons. The van der Waals surface area contributed by atoms with Crippen LogP contribution in [-0.4, -0.2) is 10.9 Å². The second-order valence-electron chi connectivity index (χ2n) is 5.33. The lowest BCUT2D eigenvalue weighted by Crippen LogP contribution is -2.13. The molecule has 3 nitrogen and oxygen atoms in total. The summed E-state index contributed by atoms with van der Waals surface area (Å²) >= 11 is 0. The lowest BCUT2D eigenvalue weighted by Gasteiger charge is -2.06. The van der Waals surface area contributed by atoms with Gasteiger partial charge in [-0.25, -0.2) is 0 Å². The summed E-state index contributed by atoms with van der Waals surface area (Å²) in [6.07, 6.45) is 6.45. The zero-order valence-electron chi connectivity index (χ0n) is 13.1. The number of carbonyl (C=O) groups excluding carboxylic acids is 1. The number of hydrogen-bond donors (Lipinski definition) is 1. The Morgan fingerprint density at radius 1 is 1.09 bits per heavy atom. The fourth-order valence-electron chi connectivity index (χ4n) is 2.12. The number of rotatable bonds is 6. The smallest absolute Gasteiger partial charge is 0.274 e. The van der Waals surface area contributed by atoms with Crippen LogP contribution in [-0.2, 0) is 6.42 Å². The van der Waals surface area contributed by atoms with E-state index in [-0.39, 0.29) is 18.3 Å². The molecule has 4 heteroatoms. The predicted molar refractivity (Wildman–Crippen MR) is 93.8 cm³/mol. The molecule has 0 aliphatic heterocycles. The van der Waals surface area contributed by atoms with Crippen molar-refractivity contribution in [1.82, 2.24) is 4.98 Å². The Morgan fingerprint density at radius 2 is 1.82 bits per heavy atom. The standard InChI is InChI=1S/C18H22N2O.ClH/c1-3-4-5-6-15-9-12-17(19-13-15)18(21)20-16-10-7-14(2)8-11-16;/h7-13H,3-6H2,1-2H3,(H,20,21);1H. The van der Waals surface area contributed by atoms with Crippen molar-refractivity contribution in [1.29, 1.82) is 0 Å². The first-order valence-corrected chi connectivity index (χ1v) is 7.52. The molecule has 1 aromatic carbocycles. The van der Waals surface area contributed by atoms with E-state index in [4.69, 9.17) is 0 Å². The summed E-state index contributed by atoms with van der Waals surface area (Å²) in [5.41, 5.74) is 3.60. The van der Waals surface area contributed by atoms with E-state index >= 15 is 0 Å². The largest absolute Gasteiger partial charge is 0.321 e. The number of benzene rings is 1. The number of pyridine rings is 1. The molecule has 0 aliphatic rings. The molecule has 1 aromatic heterocycles. The van der Waals surface area contributed by atoms with Crippen molar-refractivity contribution < 1.29 is 4.79 Å². The molecule has 1 heterocycles. The fourth-order valence-corrected chi connectivity index (χ4v) is 2.12. The highest BCUT2D eigenvalue weighted by Crippen LogP contribution is 2.11. The molecule has 2 aromatic rings. The number of amides is 1. The normalized spacial score (nSPS) is 9.91. The van der Waals surface area contributed by atoms with Gasteiger partial charge < -0.3 is 5.32 Å². The maximum atomic E-state index is 12.1. The van der Waals surface area contributed by atoms with Crippen molar-refractivity contribution in [3.63, 3.8) is 0 Å². The van der Waals surface area contributed by atoms with Gasteiger partial charge >= 0.3 is 0 Å². The molecular formula is C18H23ClN2O. The van der Waals surface area contributed by atoms with Crippen LogP contribution in [0.5, 0.6) is 0 Å². The monoisotopic (exact) mass is 318 g/mol. The van der Waals surface area contributed by atoms with Gasteiger partial charge in [0.2, 0.25) is 0 Å². The van der Waals surface area contributed by atoms with Crippen LogP contribution >= 0.6 is 12.4 Å². The zero-order valence-corrected chi connectivity index (χ0v) is 14.0. The number of nitrogens with one attached hydrogen (secondary N) is 1. The van der Waals surface area contributed by atoms with E-state index in [1.807, 2.05) is 37.3 Å². The van der Waals surface area contributed by atoms with Crippen molar-refractivity contribution >= 4 is 24.0 Å². The molecule has 1 N–H and O–H groups in total. The van der Waals surface area contributed by atoms with Crippen molar-refractivity contribution in [2.45, 2.75) is 39.5 Å². The second kappa shape index (κ2) is 9.21. The zero-order chi connectivity index (χ0) is 15.1. The van der Waals surface area contributed by atoms with Crippen LogP contribution in [0.2, 0.25) is 0 Å². The van der Waals surface area contributed by atoms with Crippen molar-refractivity contribution in [3.8, 4) is 0 Å². The van der Waals surface area contributed by atoms with Crippen LogP contribution in [0.15, 0.2) is 42.6 Å². The molecule has 22 heavy (non-hydrogen) atoms. The summed E-state index contributed by atoms with van der Waals surface area (Å²) < 4.78 is 0. The summed E-state index contributed by atoms with van der Waals surface area (Å²) in [4.78, 5) is 16.4. The topological polar surface area (TPSA) is 42.0 Å². The van der Waals surface area contributed by atoms with E-state index in [1.54, 1.807) is 12.3 Å². The van der Waals surface area contributed by atoms with Gasteiger partial charge in [0.1, 0.15) is 5.69 Å². The van der Waals surface area contributed by atoms with Crippen LogP contribution in [0.4, 0.5) is 5.69 Å². The van der Waals surface area contributed by atoms with Crippen LogP contribution in [0.1, 0.15) is 47.8 Å². The Kier molecular flexibility index (Phi) is 7.61. The molecule has 118 valence electrons. The Morgan fingerprint density at radius 3 is 2.41 bits per heavy atom. The summed E-state index contributed by atoms with van der Waals surface area (Å²) in [7, 11) is 0. The van der Waals surface area contributed by atoms with Gasteiger partial charge in [-0.05, 0) is 43.5 Å². The van der Waals surface area contributed by atoms with Crippen molar-refractivity contribution in [2.75, 3.05) is 5.32 Å². The SMILES string of the molecule is CCCCCc1ccc(C(=O)Nc2ccc(C)cc2)nc1.Cl. The predicted octanol–water partition coefficient (Wildman–Crippen LogP) is 4.80. The maximum absolute atomic E-state index is 12.1. The lowest BCUT2D eigenvalue weighted by atomic mass is 10.1. The van der Waals surface area contributed by atoms with Gasteiger partial charge in [-0.2, -0.15) is 0 Å². The summed E-state index contributed by atoms with van der Waals surface area (Å²) in [6.45, 7) is 4.21. The average Bonchev–Trinajstić information content (AvgIpc) is 2.50. The molecule has 1 amide bonds. The van der Waals surface area contributed by atoms with Crippen molar-refractivity contribution in [2.24, 2.45) is 0 Å². The van der Waals surface area contributed by atoms with Gasteiger partial charge in [0.25, 0.3) is 5.91 Å². The third kappa shape index (κ3) is 5.49. The van der Waals surface area contributed by atoms with E-state index in [1.165, 1.54) is 30.4 Å². The molecule has 2 rings (SSSR count). The number of aromatic nitrogens is 1. The quantitative estimate of drug-likeness (QED) is 0.777. The van der Waals surface area contributed by atoms with Crippen LogP contribution in [0.25, 0.3) is 0 Å². The third-order valence-electron chi connectivity index (χ3n) is 3.44. The third-order valence-corrected chi connectivity index (χ3v) is 3.44. The van der Waals surface area contributed by atoms with Gasteiger partial charge in [0.05, 0.1) is 0 Å². The highest BCUT2D eigenvalue weighted by molar-refractivity contribution is 6.02. The number of aryl methyl sites for hydroxylation is 2. The number of hydrogen-bond acceptors (Lipinski definition) is 2. The van der Waals surface area contributed by atoms with Gasteiger partial charge in [-0.15, -0.1) is 12.4 Å². The van der Waals surface area contributed by atoms with Gasteiger partial charge in [0.15, 0.2) is 0 Å². The van der Waals surface area contributed by atoms with E-state index in [0.717, 1.165) is 12.1 Å². The van der Waals surface area contributed by atoms with Gasteiger partial charge in [0, 0.05) is 11.9 Å². The Labute approximate surface area is 138 Å². The first-order chi connectivity index (χ1) is 10.2. The van der Waals surface area contributed by atoms with Crippen LogP contribution in [0.3, 0.4) is 0 Å². The molecule has 0 unspecified atom stereocenters. The molecule has 0 spiro atoms. The number of halogens is 1. The number of unbranched alkanes of at least 4 members (excludes halogenated alkanes) is 2.